The van der Waals surface area contributed by atoms with E-state index in [1.165, 1.54) is 19.3 Å². The van der Waals surface area contributed by atoms with E-state index in [0.717, 1.165) is 23.7 Å². The molecule has 0 bridgehead atoms. The molecular weight excluding hydrogens is 132 g/mol. The van der Waals surface area contributed by atoms with Crippen LogP contribution in [0.5, 0.6) is 0 Å². The molecule has 2 unspecified atom stereocenters. The second-order valence-electron chi connectivity index (χ2n) is 4.67. The summed E-state index contributed by atoms with van der Waals surface area (Å²) in [6.45, 7) is 4.74. The minimum atomic E-state index is 1.10. The van der Waals surface area contributed by atoms with E-state index in [0.29, 0.717) is 0 Å². The van der Waals surface area contributed by atoms with Crippen LogP contribution in [0.2, 0.25) is 0 Å². The molecule has 0 nitrogen and oxygen atoms in total. The van der Waals surface area contributed by atoms with Gasteiger partial charge in [0, 0.05) is 0 Å². The van der Waals surface area contributed by atoms with Crippen LogP contribution in [0, 0.1) is 23.7 Å². The maximum atomic E-state index is 2.44. The molecule has 2 fully saturated rings. The minimum absolute atomic E-state index is 1.10. The Morgan fingerprint density at radius 1 is 1.18 bits per heavy atom. The summed E-state index contributed by atoms with van der Waals surface area (Å²) in [7, 11) is 0. The van der Waals surface area contributed by atoms with Crippen LogP contribution < -0.4 is 0 Å². The average molecular weight is 152 g/mol. The van der Waals surface area contributed by atoms with Gasteiger partial charge in [0.05, 0.1) is 0 Å². The third kappa shape index (κ3) is 1.32. The van der Waals surface area contributed by atoms with Gasteiger partial charge in [0.2, 0.25) is 0 Å². The predicted octanol–water partition coefficient (Wildman–Crippen LogP) is 3.47. The normalized spacial score (nSPS) is 47.5. The van der Waals surface area contributed by atoms with Gasteiger partial charge in [-0.15, -0.1) is 0 Å². The van der Waals surface area contributed by atoms with Crippen LogP contribution in [0.25, 0.3) is 0 Å². The lowest BCUT2D eigenvalue weighted by Crippen LogP contribution is -1.98. The van der Waals surface area contributed by atoms with Gasteiger partial charge in [0.25, 0.3) is 0 Å². The van der Waals surface area contributed by atoms with Gasteiger partial charge in [-0.3, -0.25) is 0 Å². The summed E-state index contributed by atoms with van der Waals surface area (Å²) in [6.07, 6.45) is 7.54. The standard InChI is InChI=1S/C11H20/c1-3-4-5-9-6-10-8(2)11(10)7-9/h8-11H,3-7H2,1-2H3. The summed E-state index contributed by atoms with van der Waals surface area (Å²) < 4.78 is 0. The number of hydrogen-bond acceptors (Lipinski definition) is 0. The Hall–Kier alpha value is 0. The van der Waals surface area contributed by atoms with Gasteiger partial charge in [-0.25, -0.2) is 0 Å². The van der Waals surface area contributed by atoms with Crippen molar-refractivity contribution in [2.45, 2.75) is 46.0 Å². The Bertz CT molecular complexity index is 127. The molecule has 0 aliphatic heterocycles. The number of unbranched alkanes of at least 4 members (excludes halogenated alkanes) is 1. The molecule has 11 heavy (non-hydrogen) atoms. The maximum absolute atomic E-state index is 2.44. The molecule has 2 aliphatic carbocycles. The summed E-state index contributed by atoms with van der Waals surface area (Å²) in [6, 6.07) is 0. The lowest BCUT2D eigenvalue weighted by Gasteiger charge is -2.11. The zero-order valence-electron chi connectivity index (χ0n) is 7.84. The second-order valence-corrected chi connectivity index (χ2v) is 4.67. The fourth-order valence-electron chi connectivity index (χ4n) is 3.01. The zero-order valence-corrected chi connectivity index (χ0v) is 7.84. The molecule has 64 valence electrons. The molecule has 0 saturated heterocycles. The quantitative estimate of drug-likeness (QED) is 0.581. The van der Waals surface area contributed by atoms with Crippen molar-refractivity contribution in [3.8, 4) is 0 Å². The van der Waals surface area contributed by atoms with E-state index in [-0.39, 0.29) is 0 Å². The van der Waals surface area contributed by atoms with Gasteiger partial charge in [0.1, 0.15) is 0 Å². The summed E-state index contributed by atoms with van der Waals surface area (Å²) >= 11 is 0. The van der Waals surface area contributed by atoms with E-state index in [1.54, 1.807) is 12.8 Å². The molecule has 2 aliphatic rings. The first-order chi connectivity index (χ1) is 5.33. The van der Waals surface area contributed by atoms with Crippen LogP contribution in [-0.4, -0.2) is 0 Å². The van der Waals surface area contributed by atoms with E-state index in [2.05, 4.69) is 13.8 Å². The Balaban J connectivity index is 1.69. The molecular formula is C11H20. The van der Waals surface area contributed by atoms with Crippen LogP contribution in [0.1, 0.15) is 46.0 Å². The van der Waals surface area contributed by atoms with Crippen LogP contribution in [0.15, 0.2) is 0 Å². The van der Waals surface area contributed by atoms with Crippen molar-refractivity contribution in [1.29, 1.82) is 0 Å². The zero-order chi connectivity index (χ0) is 7.84. The fourth-order valence-corrected chi connectivity index (χ4v) is 3.01. The molecule has 0 spiro atoms. The second kappa shape index (κ2) is 2.80. The van der Waals surface area contributed by atoms with Gasteiger partial charge >= 0.3 is 0 Å². The summed E-state index contributed by atoms with van der Waals surface area (Å²) in [5, 5.41) is 0. The molecule has 0 heterocycles. The van der Waals surface area contributed by atoms with Crippen LogP contribution in [0.4, 0.5) is 0 Å². The van der Waals surface area contributed by atoms with E-state index in [4.69, 9.17) is 0 Å². The highest BCUT2D eigenvalue weighted by atomic mass is 14.6. The van der Waals surface area contributed by atoms with Crippen LogP contribution in [0.3, 0.4) is 0 Å². The first-order valence-electron chi connectivity index (χ1n) is 5.33. The van der Waals surface area contributed by atoms with Crippen molar-refractivity contribution >= 4 is 0 Å². The molecule has 2 rings (SSSR count). The Kier molecular flexibility index (Phi) is 1.95. The smallest absolute Gasteiger partial charge is 0.0352 e. The van der Waals surface area contributed by atoms with Gasteiger partial charge < -0.3 is 0 Å². The monoisotopic (exact) mass is 152 g/mol. The van der Waals surface area contributed by atoms with Crippen LogP contribution >= 0.6 is 0 Å². The Morgan fingerprint density at radius 2 is 1.82 bits per heavy atom. The van der Waals surface area contributed by atoms with Gasteiger partial charge in [0.15, 0.2) is 0 Å². The van der Waals surface area contributed by atoms with Crippen molar-refractivity contribution in [1.82, 2.24) is 0 Å². The molecule has 0 aromatic rings. The Morgan fingerprint density at radius 3 is 2.36 bits per heavy atom. The summed E-state index contributed by atoms with van der Waals surface area (Å²) in [5.74, 6) is 4.56. The van der Waals surface area contributed by atoms with Gasteiger partial charge in [-0.05, 0) is 36.5 Å². The SMILES string of the molecule is CCCCC1CC2C(C)C2C1. The number of hydrogen-bond donors (Lipinski definition) is 0. The van der Waals surface area contributed by atoms with Crippen molar-refractivity contribution in [3.05, 3.63) is 0 Å². The fraction of sp³-hybridized carbons (Fsp3) is 1.00. The van der Waals surface area contributed by atoms with E-state index in [9.17, 15) is 0 Å². The highest BCUT2D eigenvalue weighted by Gasteiger charge is 2.52. The lowest BCUT2D eigenvalue weighted by atomic mass is 9.95. The van der Waals surface area contributed by atoms with Crippen molar-refractivity contribution in [2.75, 3.05) is 0 Å². The highest BCUT2D eigenvalue weighted by molar-refractivity contribution is 5.01. The van der Waals surface area contributed by atoms with Crippen LogP contribution in [-0.2, 0) is 0 Å². The van der Waals surface area contributed by atoms with E-state index in [1.807, 2.05) is 0 Å². The highest BCUT2D eigenvalue weighted by Crippen LogP contribution is 2.60. The van der Waals surface area contributed by atoms with E-state index >= 15 is 0 Å². The average Bonchev–Trinajstić information content (AvgIpc) is 2.54. The molecule has 0 N–H and O–H groups in total. The third-order valence-corrected chi connectivity index (χ3v) is 3.94. The molecule has 2 atom stereocenters. The Labute approximate surface area is 70.4 Å². The largest absolute Gasteiger partial charge is 0.0654 e. The maximum Gasteiger partial charge on any atom is -0.0352 e. The topological polar surface area (TPSA) is 0 Å². The third-order valence-electron chi connectivity index (χ3n) is 3.94. The van der Waals surface area contributed by atoms with Crippen molar-refractivity contribution in [3.63, 3.8) is 0 Å². The lowest BCUT2D eigenvalue weighted by molar-refractivity contribution is 0.410. The van der Waals surface area contributed by atoms with Crippen molar-refractivity contribution in [2.24, 2.45) is 23.7 Å². The first kappa shape index (κ1) is 7.64. The molecule has 0 amide bonds. The molecule has 2 saturated carbocycles. The molecule has 0 heteroatoms. The summed E-state index contributed by atoms with van der Waals surface area (Å²) in [5.41, 5.74) is 0. The summed E-state index contributed by atoms with van der Waals surface area (Å²) in [4.78, 5) is 0. The molecule has 0 aromatic carbocycles. The van der Waals surface area contributed by atoms with Crippen molar-refractivity contribution < 1.29 is 0 Å². The number of rotatable bonds is 3. The molecule has 0 aromatic heterocycles. The van der Waals surface area contributed by atoms with E-state index < -0.39 is 0 Å². The predicted molar refractivity (Wildman–Crippen MR) is 48.4 cm³/mol. The number of fused-ring (bicyclic) bond motifs is 1. The minimum Gasteiger partial charge on any atom is -0.0654 e. The van der Waals surface area contributed by atoms with Gasteiger partial charge in [-0.2, -0.15) is 0 Å². The van der Waals surface area contributed by atoms with Gasteiger partial charge in [-0.1, -0.05) is 33.1 Å². The molecule has 0 radical (unpaired) electrons. The first-order valence-corrected chi connectivity index (χ1v) is 5.33.